The summed E-state index contributed by atoms with van der Waals surface area (Å²) in [4.78, 5) is 32.7. The molecule has 0 fully saturated rings. The van der Waals surface area contributed by atoms with Crippen LogP contribution in [0.15, 0.2) is 36.4 Å². The number of carbonyl (C=O) groups excluding carboxylic acids is 2. The van der Waals surface area contributed by atoms with E-state index >= 15 is 0 Å². The lowest BCUT2D eigenvalue weighted by Crippen LogP contribution is -2.31. The molecule has 3 rings (SSSR count). The summed E-state index contributed by atoms with van der Waals surface area (Å²) in [5.74, 6) is 1.75. The number of rotatable bonds is 6. The summed E-state index contributed by atoms with van der Waals surface area (Å²) in [5, 5.41) is 2.84. The van der Waals surface area contributed by atoms with Crippen LogP contribution < -0.4 is 14.8 Å². The second kappa shape index (κ2) is 8.95. The number of imidazole rings is 1. The van der Waals surface area contributed by atoms with E-state index in [1.165, 1.54) is 16.9 Å². The lowest BCUT2D eigenvalue weighted by Gasteiger charge is -2.19. The van der Waals surface area contributed by atoms with E-state index in [2.05, 4.69) is 10.3 Å². The fraction of sp³-hybridized carbons (Fsp3) is 0.318. The predicted molar refractivity (Wildman–Crippen MR) is 119 cm³/mol. The highest BCUT2D eigenvalue weighted by molar-refractivity contribution is 5.97. The quantitative estimate of drug-likeness (QED) is 0.656. The molecule has 0 atom stereocenters. The Kier molecular flexibility index (Phi) is 6.33. The van der Waals surface area contributed by atoms with E-state index in [0.717, 1.165) is 5.52 Å². The first-order chi connectivity index (χ1) is 14.7. The monoisotopic (exact) mass is 425 g/mol. The third-order valence-electron chi connectivity index (χ3n) is 5.00. The van der Waals surface area contributed by atoms with Crippen molar-refractivity contribution in [2.24, 2.45) is 7.05 Å². The van der Waals surface area contributed by atoms with Gasteiger partial charge in [0.1, 0.15) is 17.3 Å². The summed E-state index contributed by atoms with van der Waals surface area (Å²) >= 11 is 0. The van der Waals surface area contributed by atoms with Gasteiger partial charge in [0.2, 0.25) is 0 Å². The highest BCUT2D eigenvalue weighted by Gasteiger charge is 2.17. The van der Waals surface area contributed by atoms with Crippen LogP contribution in [0.1, 0.15) is 16.2 Å². The molecule has 0 aliphatic heterocycles. The molecule has 164 valence electrons. The second-order valence-corrected chi connectivity index (χ2v) is 7.34. The molecule has 0 saturated heterocycles. The minimum Gasteiger partial charge on any atom is -0.497 e. The number of nitrogens with one attached hydrogen (secondary N) is 1. The average Bonchev–Trinajstić information content (AvgIpc) is 3.07. The van der Waals surface area contributed by atoms with E-state index in [-0.39, 0.29) is 18.5 Å². The summed E-state index contributed by atoms with van der Waals surface area (Å²) in [7, 11) is 10.1. The number of nitrogens with zero attached hydrogens (tertiary/aromatic N) is 4. The van der Waals surface area contributed by atoms with Gasteiger partial charge in [-0.25, -0.2) is 9.78 Å². The minimum absolute atomic E-state index is 0.0853. The molecule has 0 unspecified atom stereocenters. The van der Waals surface area contributed by atoms with E-state index in [0.29, 0.717) is 34.1 Å². The van der Waals surface area contributed by atoms with Crippen molar-refractivity contribution in [3.63, 3.8) is 0 Å². The van der Waals surface area contributed by atoms with Crippen LogP contribution in [0.5, 0.6) is 11.5 Å². The summed E-state index contributed by atoms with van der Waals surface area (Å²) in [6.07, 6.45) is 0. The van der Waals surface area contributed by atoms with Crippen molar-refractivity contribution in [2.75, 3.05) is 40.7 Å². The first-order valence-electron chi connectivity index (χ1n) is 9.66. The normalized spacial score (nSPS) is 10.6. The van der Waals surface area contributed by atoms with Gasteiger partial charge in [-0.3, -0.25) is 4.79 Å². The molecule has 31 heavy (non-hydrogen) atoms. The van der Waals surface area contributed by atoms with Gasteiger partial charge in [0, 0.05) is 39.8 Å². The number of hydrogen-bond acceptors (Lipinski definition) is 5. The fourth-order valence-electron chi connectivity index (χ4n) is 3.19. The van der Waals surface area contributed by atoms with E-state index < -0.39 is 0 Å². The average molecular weight is 425 g/mol. The molecule has 0 aliphatic rings. The number of benzene rings is 2. The molecule has 0 bridgehead atoms. The highest BCUT2D eigenvalue weighted by atomic mass is 16.5. The number of hydrogen-bond donors (Lipinski definition) is 1. The van der Waals surface area contributed by atoms with E-state index in [4.69, 9.17) is 9.47 Å². The van der Waals surface area contributed by atoms with Crippen LogP contribution >= 0.6 is 0 Å². The fourth-order valence-corrected chi connectivity index (χ4v) is 3.19. The van der Waals surface area contributed by atoms with Crippen LogP contribution in [0.25, 0.3) is 11.0 Å². The lowest BCUT2D eigenvalue weighted by atomic mass is 10.2. The van der Waals surface area contributed by atoms with Crippen LogP contribution in [-0.4, -0.2) is 66.7 Å². The van der Waals surface area contributed by atoms with Gasteiger partial charge in [-0.05, 0) is 30.3 Å². The number of amides is 3. The summed E-state index contributed by atoms with van der Waals surface area (Å²) in [5.41, 5.74) is 2.66. The summed E-state index contributed by atoms with van der Waals surface area (Å²) < 4.78 is 12.4. The van der Waals surface area contributed by atoms with Crippen LogP contribution in [-0.2, 0) is 13.6 Å². The number of carbonyl (C=O) groups is 2. The van der Waals surface area contributed by atoms with Crippen LogP contribution in [0.2, 0.25) is 0 Å². The van der Waals surface area contributed by atoms with Crippen molar-refractivity contribution >= 4 is 28.7 Å². The standard InChI is InChI=1S/C22H27N5O4/c1-25(2)21(28)14-7-9-18-16(11-14)23-20(27(18)4)13-26(3)22(29)24-17-12-15(30-5)8-10-19(17)31-6/h7-12H,13H2,1-6H3,(H,24,29). The maximum Gasteiger partial charge on any atom is 0.322 e. The van der Waals surface area contributed by atoms with Crippen molar-refractivity contribution in [2.45, 2.75) is 6.54 Å². The third kappa shape index (κ3) is 4.55. The van der Waals surface area contributed by atoms with E-state index in [9.17, 15) is 9.59 Å². The van der Waals surface area contributed by atoms with Crippen LogP contribution in [0, 0.1) is 0 Å². The Morgan fingerprint density at radius 3 is 2.45 bits per heavy atom. The van der Waals surface area contributed by atoms with E-state index in [1.807, 2.05) is 17.7 Å². The summed E-state index contributed by atoms with van der Waals surface area (Å²) in [6, 6.07) is 10.3. The number of methoxy groups -OCH3 is 2. The Bertz CT molecular complexity index is 1120. The zero-order chi connectivity index (χ0) is 22.7. The van der Waals surface area contributed by atoms with Crippen molar-refractivity contribution in [3.05, 3.63) is 47.8 Å². The SMILES string of the molecule is COc1ccc(OC)c(NC(=O)N(C)Cc2nc3cc(C(=O)N(C)C)ccc3n2C)c1. The Labute approximate surface area is 181 Å². The molecule has 0 aliphatic carbocycles. The van der Waals surface area contributed by atoms with Gasteiger partial charge in [-0.15, -0.1) is 0 Å². The van der Waals surface area contributed by atoms with Gasteiger partial charge < -0.3 is 29.2 Å². The first-order valence-corrected chi connectivity index (χ1v) is 9.66. The molecule has 3 amide bonds. The third-order valence-corrected chi connectivity index (χ3v) is 5.00. The topological polar surface area (TPSA) is 88.9 Å². The van der Waals surface area contributed by atoms with Crippen molar-refractivity contribution in [1.29, 1.82) is 0 Å². The highest BCUT2D eigenvalue weighted by Crippen LogP contribution is 2.29. The Balaban J connectivity index is 1.79. The largest absolute Gasteiger partial charge is 0.497 e. The Hall–Kier alpha value is -3.75. The molecule has 0 spiro atoms. The summed E-state index contributed by atoms with van der Waals surface area (Å²) in [6.45, 7) is 0.278. The Morgan fingerprint density at radius 1 is 1.06 bits per heavy atom. The number of urea groups is 1. The molecule has 1 heterocycles. The maximum absolute atomic E-state index is 12.8. The number of aromatic nitrogens is 2. The molecule has 3 aromatic rings. The van der Waals surface area contributed by atoms with Gasteiger partial charge in [-0.1, -0.05) is 0 Å². The van der Waals surface area contributed by atoms with Gasteiger partial charge in [0.25, 0.3) is 5.91 Å². The molecular weight excluding hydrogens is 398 g/mol. The number of aryl methyl sites for hydroxylation is 1. The zero-order valence-corrected chi connectivity index (χ0v) is 18.6. The van der Waals surface area contributed by atoms with Gasteiger partial charge in [-0.2, -0.15) is 0 Å². The second-order valence-electron chi connectivity index (χ2n) is 7.34. The molecule has 1 aromatic heterocycles. The van der Waals surface area contributed by atoms with Crippen LogP contribution in [0.3, 0.4) is 0 Å². The maximum atomic E-state index is 12.8. The zero-order valence-electron chi connectivity index (χ0n) is 18.6. The first kappa shape index (κ1) is 21.9. The number of fused-ring (bicyclic) bond motifs is 1. The van der Waals surface area contributed by atoms with Crippen LogP contribution in [0.4, 0.5) is 10.5 Å². The predicted octanol–water partition coefficient (Wildman–Crippen LogP) is 2.96. The molecule has 0 radical (unpaired) electrons. The van der Waals surface area contributed by atoms with Crippen molar-refractivity contribution < 1.29 is 19.1 Å². The lowest BCUT2D eigenvalue weighted by molar-refractivity contribution is 0.0827. The molecule has 9 heteroatoms. The Morgan fingerprint density at radius 2 is 1.81 bits per heavy atom. The molecule has 9 nitrogen and oxygen atoms in total. The van der Waals surface area contributed by atoms with Gasteiger partial charge in [0.05, 0.1) is 37.5 Å². The molecule has 0 saturated carbocycles. The van der Waals surface area contributed by atoms with Gasteiger partial charge in [0.15, 0.2) is 0 Å². The van der Waals surface area contributed by atoms with Gasteiger partial charge >= 0.3 is 6.03 Å². The number of anilines is 1. The molecule has 2 aromatic carbocycles. The molecule has 1 N–H and O–H groups in total. The number of ether oxygens (including phenoxy) is 2. The minimum atomic E-state index is -0.318. The van der Waals surface area contributed by atoms with E-state index in [1.54, 1.807) is 58.6 Å². The van der Waals surface area contributed by atoms with Crippen molar-refractivity contribution in [3.8, 4) is 11.5 Å². The van der Waals surface area contributed by atoms with Crippen molar-refractivity contribution in [1.82, 2.24) is 19.4 Å². The molecular formula is C22H27N5O4. The smallest absolute Gasteiger partial charge is 0.322 e.